The van der Waals surface area contributed by atoms with E-state index < -0.39 is 17.8 Å². The predicted molar refractivity (Wildman–Crippen MR) is 75.0 cm³/mol. The van der Waals surface area contributed by atoms with E-state index in [-0.39, 0.29) is 18.7 Å². The minimum atomic E-state index is -2.36. The van der Waals surface area contributed by atoms with Crippen molar-refractivity contribution in [1.29, 1.82) is 0 Å². The normalized spacial score (nSPS) is 17.0. The number of fused-ring (bicyclic) bond motifs is 1. The van der Waals surface area contributed by atoms with E-state index in [9.17, 15) is 18.7 Å². The van der Waals surface area contributed by atoms with Gasteiger partial charge in [-0.1, -0.05) is 6.92 Å². The van der Waals surface area contributed by atoms with Gasteiger partial charge in [-0.15, -0.1) is 0 Å². The van der Waals surface area contributed by atoms with Gasteiger partial charge >= 0.3 is 5.97 Å². The van der Waals surface area contributed by atoms with Gasteiger partial charge < -0.3 is 10.0 Å². The van der Waals surface area contributed by atoms with E-state index in [4.69, 9.17) is 0 Å². The molecule has 0 amide bonds. The van der Waals surface area contributed by atoms with Crippen LogP contribution in [-0.4, -0.2) is 35.6 Å². The Kier molecular flexibility index (Phi) is 3.04. The molecule has 0 unspecified atom stereocenters. The number of anilines is 1. The third-order valence-electron chi connectivity index (χ3n) is 3.95. The molecule has 1 N–H and O–H groups in total. The highest BCUT2D eigenvalue weighted by Gasteiger charge is 2.46. The highest BCUT2D eigenvalue weighted by molar-refractivity contribution is 6.03. The lowest BCUT2D eigenvalue weighted by Crippen LogP contribution is -2.58. The number of aromatic carboxylic acids is 1. The molecule has 1 aromatic heterocycles. The molecular weight excluding hydrogens is 278 g/mol. The number of pyridine rings is 1. The Hall–Kier alpha value is -2.24. The molecule has 1 aromatic carbocycles. The second-order valence-electron chi connectivity index (χ2n) is 5.68. The number of alkyl halides is 2. The lowest BCUT2D eigenvalue weighted by molar-refractivity contribution is -0.0120. The predicted octanol–water partition coefficient (Wildman–Crippen LogP) is 3.02. The van der Waals surface area contributed by atoms with Gasteiger partial charge in [-0.05, 0) is 24.3 Å². The van der Waals surface area contributed by atoms with Crippen LogP contribution in [-0.2, 0) is 0 Å². The van der Waals surface area contributed by atoms with Gasteiger partial charge in [-0.25, -0.2) is 13.6 Å². The van der Waals surface area contributed by atoms with Gasteiger partial charge in [0, 0.05) is 30.4 Å². The van der Waals surface area contributed by atoms with Gasteiger partial charge in [0.05, 0.1) is 16.5 Å². The molecule has 0 saturated carbocycles. The molecule has 3 rings (SSSR count). The summed E-state index contributed by atoms with van der Waals surface area (Å²) in [5, 5.41) is 9.72. The van der Waals surface area contributed by atoms with Crippen molar-refractivity contribution in [2.45, 2.75) is 13.3 Å². The number of hydrogen-bond acceptors (Lipinski definition) is 3. The van der Waals surface area contributed by atoms with Crippen LogP contribution in [0, 0.1) is 5.41 Å². The molecule has 110 valence electrons. The molecule has 2 aromatic rings. The summed E-state index contributed by atoms with van der Waals surface area (Å²) in [6, 6.07) is 6.64. The van der Waals surface area contributed by atoms with E-state index >= 15 is 0 Å². The lowest BCUT2D eigenvalue weighted by atomic mass is 9.82. The summed E-state index contributed by atoms with van der Waals surface area (Å²) in [6.45, 7) is 2.08. The van der Waals surface area contributed by atoms with Crippen LogP contribution >= 0.6 is 0 Å². The number of carboxylic acid groups (broad SMARTS) is 1. The van der Waals surface area contributed by atoms with E-state index in [1.165, 1.54) is 12.3 Å². The van der Waals surface area contributed by atoms with Crippen molar-refractivity contribution in [3.63, 3.8) is 0 Å². The third kappa shape index (κ3) is 2.20. The Labute approximate surface area is 120 Å². The first-order valence-corrected chi connectivity index (χ1v) is 6.56. The fourth-order valence-corrected chi connectivity index (χ4v) is 2.66. The topological polar surface area (TPSA) is 53.4 Å². The molecule has 0 spiro atoms. The van der Waals surface area contributed by atoms with E-state index in [1.54, 1.807) is 25.1 Å². The zero-order valence-corrected chi connectivity index (χ0v) is 11.4. The van der Waals surface area contributed by atoms with Crippen LogP contribution in [0.1, 0.15) is 17.3 Å². The van der Waals surface area contributed by atoms with E-state index in [0.717, 1.165) is 5.69 Å². The van der Waals surface area contributed by atoms with Gasteiger partial charge in [0.15, 0.2) is 0 Å². The smallest absolute Gasteiger partial charge is 0.336 e. The standard InChI is InChI=1S/C15H14F2N2O2/c1-15(14(16)17)7-19(8-15)9-2-3-12-11(6-9)10(13(20)21)4-5-18-12/h2-6,14H,7-8H2,1H3,(H,20,21). The monoisotopic (exact) mass is 292 g/mol. The van der Waals surface area contributed by atoms with E-state index in [2.05, 4.69) is 4.98 Å². The van der Waals surface area contributed by atoms with Crippen LogP contribution in [0.25, 0.3) is 10.9 Å². The summed E-state index contributed by atoms with van der Waals surface area (Å²) >= 11 is 0. The SMILES string of the molecule is CC1(C(F)F)CN(c2ccc3nccc(C(=O)O)c3c2)C1. The van der Waals surface area contributed by atoms with Crippen LogP contribution in [0.4, 0.5) is 14.5 Å². The molecule has 1 fully saturated rings. The van der Waals surface area contributed by atoms with Crippen LogP contribution in [0.2, 0.25) is 0 Å². The maximum atomic E-state index is 12.9. The molecule has 0 atom stereocenters. The molecule has 0 aliphatic carbocycles. The average Bonchev–Trinajstić information content (AvgIpc) is 2.42. The maximum absolute atomic E-state index is 12.9. The first-order chi connectivity index (χ1) is 9.90. The van der Waals surface area contributed by atoms with E-state index in [1.807, 2.05) is 4.90 Å². The van der Waals surface area contributed by atoms with Crippen molar-refractivity contribution in [3.05, 3.63) is 36.0 Å². The Bertz CT molecular complexity index is 712. The highest BCUT2D eigenvalue weighted by atomic mass is 19.3. The molecule has 4 nitrogen and oxygen atoms in total. The number of aromatic nitrogens is 1. The number of hydrogen-bond donors (Lipinski definition) is 1. The van der Waals surface area contributed by atoms with Crippen molar-refractivity contribution >= 4 is 22.6 Å². The number of rotatable bonds is 3. The fourth-order valence-electron chi connectivity index (χ4n) is 2.66. The quantitative estimate of drug-likeness (QED) is 0.944. The minimum Gasteiger partial charge on any atom is -0.478 e. The molecule has 1 saturated heterocycles. The van der Waals surface area contributed by atoms with Crippen molar-refractivity contribution in [3.8, 4) is 0 Å². The van der Waals surface area contributed by atoms with Gasteiger partial charge in [0.25, 0.3) is 0 Å². The number of benzene rings is 1. The average molecular weight is 292 g/mol. The van der Waals surface area contributed by atoms with Crippen LogP contribution in [0.3, 0.4) is 0 Å². The summed E-state index contributed by atoms with van der Waals surface area (Å²) in [5.41, 5.74) is 0.505. The van der Waals surface area contributed by atoms with Gasteiger partial charge in [-0.3, -0.25) is 4.98 Å². The van der Waals surface area contributed by atoms with Gasteiger partial charge in [0.2, 0.25) is 6.43 Å². The summed E-state index contributed by atoms with van der Waals surface area (Å²) in [7, 11) is 0. The zero-order chi connectivity index (χ0) is 15.2. The van der Waals surface area contributed by atoms with Gasteiger partial charge in [0.1, 0.15) is 0 Å². The molecule has 6 heteroatoms. The van der Waals surface area contributed by atoms with Crippen LogP contribution in [0.5, 0.6) is 0 Å². The summed E-state index contributed by atoms with van der Waals surface area (Å²) < 4.78 is 25.7. The van der Waals surface area contributed by atoms with Crippen molar-refractivity contribution < 1.29 is 18.7 Å². The Morgan fingerprint density at radius 3 is 2.71 bits per heavy atom. The molecule has 21 heavy (non-hydrogen) atoms. The van der Waals surface area contributed by atoms with Crippen LogP contribution in [0.15, 0.2) is 30.5 Å². The number of carbonyl (C=O) groups is 1. The fraction of sp³-hybridized carbons (Fsp3) is 0.333. The summed E-state index contributed by atoms with van der Waals surface area (Å²) in [5.74, 6) is -1.03. The van der Waals surface area contributed by atoms with Crippen molar-refractivity contribution in [2.24, 2.45) is 5.41 Å². The summed E-state index contributed by atoms with van der Waals surface area (Å²) in [4.78, 5) is 17.2. The molecule has 2 heterocycles. The first-order valence-electron chi connectivity index (χ1n) is 6.56. The molecule has 1 aliphatic rings. The lowest BCUT2D eigenvalue weighted by Gasteiger charge is -2.48. The Balaban J connectivity index is 1.96. The highest BCUT2D eigenvalue weighted by Crippen LogP contribution is 2.39. The third-order valence-corrected chi connectivity index (χ3v) is 3.95. The van der Waals surface area contributed by atoms with E-state index in [0.29, 0.717) is 10.9 Å². The Morgan fingerprint density at radius 2 is 2.10 bits per heavy atom. The molecule has 0 bridgehead atoms. The largest absolute Gasteiger partial charge is 0.478 e. The maximum Gasteiger partial charge on any atom is 0.336 e. The minimum absolute atomic E-state index is 0.166. The van der Waals surface area contributed by atoms with Crippen molar-refractivity contribution in [2.75, 3.05) is 18.0 Å². The van der Waals surface area contributed by atoms with Crippen molar-refractivity contribution in [1.82, 2.24) is 4.98 Å². The summed E-state index contributed by atoms with van der Waals surface area (Å²) in [6.07, 6.45) is -0.909. The number of halogens is 2. The Morgan fingerprint density at radius 1 is 1.38 bits per heavy atom. The molecular formula is C15H14F2N2O2. The zero-order valence-electron chi connectivity index (χ0n) is 11.4. The molecule has 1 aliphatic heterocycles. The first kappa shape index (κ1) is 13.7. The molecule has 0 radical (unpaired) electrons. The number of carboxylic acids is 1. The second-order valence-corrected chi connectivity index (χ2v) is 5.68. The van der Waals surface area contributed by atoms with Crippen LogP contribution < -0.4 is 4.90 Å². The van der Waals surface area contributed by atoms with Gasteiger partial charge in [-0.2, -0.15) is 0 Å². The second kappa shape index (κ2) is 4.65. The number of nitrogens with zero attached hydrogens (tertiary/aromatic N) is 2.